The molecule has 61 heavy (non-hydrogen) atoms. The van der Waals surface area contributed by atoms with Crippen LogP contribution in [0.25, 0.3) is 44.6 Å². The molecule has 2 amide bonds. The number of nitrogens with zero attached hydrogens (tertiary/aromatic N) is 8. The van der Waals surface area contributed by atoms with E-state index in [2.05, 4.69) is 9.80 Å². The van der Waals surface area contributed by atoms with Crippen molar-refractivity contribution in [1.29, 1.82) is 0 Å². The molecule has 14 nitrogen and oxygen atoms in total. The van der Waals surface area contributed by atoms with Gasteiger partial charge in [0.05, 0.1) is 22.2 Å². The van der Waals surface area contributed by atoms with Gasteiger partial charge in [-0.3, -0.25) is 9.59 Å². The molecule has 15 heteroatoms. The third kappa shape index (κ3) is 9.77. The molecule has 0 bridgehead atoms. The van der Waals surface area contributed by atoms with Crippen molar-refractivity contribution in [2.45, 2.75) is 52.7 Å². The first-order chi connectivity index (χ1) is 28.9. The quantitative estimate of drug-likeness (QED) is 0.143. The van der Waals surface area contributed by atoms with Gasteiger partial charge in [-0.05, 0) is 86.3 Å². The molecule has 4 heterocycles. The highest BCUT2D eigenvalue weighted by Gasteiger charge is 2.29. The maximum absolute atomic E-state index is 12.3. The summed E-state index contributed by atoms with van der Waals surface area (Å²) >= 11 is 0. The van der Waals surface area contributed by atoms with Crippen molar-refractivity contribution in [3.63, 3.8) is 0 Å². The van der Waals surface area contributed by atoms with Crippen molar-refractivity contribution in [3.05, 3.63) is 96.1 Å². The van der Waals surface area contributed by atoms with Gasteiger partial charge in [0, 0.05) is 63.1 Å². The summed E-state index contributed by atoms with van der Waals surface area (Å²) < 4.78 is 0. The Hall–Kier alpha value is -6.09. The number of anilines is 2. The average molecular weight is 849 g/mol. The first-order valence-electron chi connectivity index (χ1n) is 20.5. The SMILES string of the molecule is CC[C@H](O)C(=O)N1CCN(c2nc(-c3ccccc3O)nc3cc(C)ccc23)CC1.CC[C@H](O)C(=O)N1CCN(c2nc(-c3ccccc3O)nc3cc(C)ccc23)CC1.Cl. The number of hydrogen-bond donors (Lipinski definition) is 4. The Morgan fingerprint density at radius 3 is 1.26 bits per heavy atom. The lowest BCUT2D eigenvalue weighted by Gasteiger charge is -2.36. The summed E-state index contributed by atoms with van der Waals surface area (Å²) in [6, 6.07) is 26.2. The minimum atomic E-state index is -0.938. The molecule has 2 aromatic heterocycles. The molecular weight excluding hydrogens is 796 g/mol. The Bertz CT molecular complexity index is 2330. The maximum atomic E-state index is 12.3. The van der Waals surface area contributed by atoms with E-state index in [1.807, 2.05) is 62.4 Å². The molecular formula is C46H53ClN8O6. The van der Waals surface area contributed by atoms with Crippen molar-refractivity contribution in [2.24, 2.45) is 0 Å². The molecule has 0 spiro atoms. The lowest BCUT2D eigenvalue weighted by molar-refractivity contribution is -0.141. The Morgan fingerprint density at radius 1 is 0.557 bits per heavy atom. The number of aliphatic hydroxyl groups excluding tert-OH is 2. The van der Waals surface area contributed by atoms with Gasteiger partial charge in [-0.1, -0.05) is 50.2 Å². The summed E-state index contributed by atoms with van der Waals surface area (Å²) in [7, 11) is 0. The summed E-state index contributed by atoms with van der Waals surface area (Å²) in [4.78, 5) is 51.3. The Morgan fingerprint density at radius 2 is 0.918 bits per heavy atom. The van der Waals surface area contributed by atoms with Gasteiger partial charge in [-0.2, -0.15) is 0 Å². The van der Waals surface area contributed by atoms with Crippen molar-refractivity contribution >= 4 is 57.7 Å². The second-order valence-corrected chi connectivity index (χ2v) is 15.3. The van der Waals surface area contributed by atoms with E-state index in [0.717, 1.165) is 44.6 Å². The topological polar surface area (TPSA) is 180 Å². The van der Waals surface area contributed by atoms with E-state index in [0.29, 0.717) is 88.0 Å². The third-order valence-electron chi connectivity index (χ3n) is 11.1. The Kier molecular flexibility index (Phi) is 14.2. The number of rotatable bonds is 8. The molecule has 0 radical (unpaired) electrons. The summed E-state index contributed by atoms with van der Waals surface area (Å²) in [5.74, 6) is 2.38. The van der Waals surface area contributed by atoms with Gasteiger partial charge in [0.25, 0.3) is 11.8 Å². The van der Waals surface area contributed by atoms with Gasteiger partial charge in [0.1, 0.15) is 35.3 Å². The smallest absolute Gasteiger partial charge is 0.251 e. The predicted molar refractivity (Wildman–Crippen MR) is 240 cm³/mol. The minimum Gasteiger partial charge on any atom is -0.507 e. The number of fused-ring (bicyclic) bond motifs is 2. The monoisotopic (exact) mass is 848 g/mol. The number of para-hydroxylation sites is 2. The molecule has 0 saturated carbocycles. The lowest BCUT2D eigenvalue weighted by atomic mass is 10.1. The number of piperazine rings is 2. The number of hydrogen-bond acceptors (Lipinski definition) is 12. The van der Waals surface area contributed by atoms with Crippen LogP contribution < -0.4 is 9.80 Å². The lowest BCUT2D eigenvalue weighted by Crippen LogP contribution is -2.51. The first kappa shape index (κ1) is 44.5. The van der Waals surface area contributed by atoms with Crippen molar-refractivity contribution in [3.8, 4) is 34.3 Å². The number of carbonyl (C=O) groups is 2. The van der Waals surface area contributed by atoms with Crippen LogP contribution in [-0.2, 0) is 9.59 Å². The number of halogens is 1. The molecule has 2 atom stereocenters. The van der Waals surface area contributed by atoms with E-state index in [-0.39, 0.29) is 35.7 Å². The number of phenolic OH excluding ortho intramolecular Hbond substituents is 2. The molecule has 2 aliphatic heterocycles. The average Bonchev–Trinajstić information content (AvgIpc) is 3.27. The number of benzene rings is 4. The number of phenols is 2. The summed E-state index contributed by atoms with van der Waals surface area (Å²) in [6.07, 6.45) is -1.04. The van der Waals surface area contributed by atoms with Crippen LogP contribution in [0.1, 0.15) is 37.8 Å². The van der Waals surface area contributed by atoms with E-state index in [1.54, 1.807) is 60.0 Å². The molecule has 4 N–H and O–H groups in total. The van der Waals surface area contributed by atoms with Gasteiger partial charge < -0.3 is 40.0 Å². The molecule has 8 rings (SSSR count). The first-order valence-corrected chi connectivity index (χ1v) is 20.5. The largest absolute Gasteiger partial charge is 0.507 e. The molecule has 2 fully saturated rings. The summed E-state index contributed by atoms with van der Waals surface area (Å²) in [5, 5.41) is 42.2. The van der Waals surface area contributed by atoms with Gasteiger partial charge in [-0.15, -0.1) is 12.4 Å². The molecule has 0 aliphatic carbocycles. The zero-order valence-corrected chi connectivity index (χ0v) is 35.7. The number of carbonyl (C=O) groups excluding carboxylic acids is 2. The van der Waals surface area contributed by atoms with E-state index in [1.165, 1.54) is 0 Å². The van der Waals surface area contributed by atoms with Gasteiger partial charge in [0.15, 0.2) is 11.6 Å². The molecule has 6 aromatic rings. The second-order valence-electron chi connectivity index (χ2n) is 15.3. The fourth-order valence-electron chi connectivity index (χ4n) is 7.54. The molecule has 320 valence electrons. The highest BCUT2D eigenvalue weighted by atomic mass is 35.5. The van der Waals surface area contributed by atoms with Gasteiger partial charge in [0.2, 0.25) is 0 Å². The number of aromatic nitrogens is 4. The molecule has 2 saturated heterocycles. The fourth-order valence-corrected chi connectivity index (χ4v) is 7.54. The third-order valence-corrected chi connectivity index (χ3v) is 11.1. The summed E-state index contributed by atoms with van der Waals surface area (Å²) in [5.41, 5.74) is 5.00. The standard InChI is InChI=1S/2C23H26N4O3.ClH/c2*1-3-19(28)23(30)27-12-10-26(11-13-27)22-16-9-8-15(2)14-18(16)24-21(25-22)17-6-4-5-7-20(17)29;/h2*4-9,14,19,28-29H,3,10-13H2,1-2H3;1H/t2*19-;/m00./s1. The van der Waals surface area contributed by atoms with Crippen LogP contribution >= 0.6 is 12.4 Å². The van der Waals surface area contributed by atoms with E-state index in [4.69, 9.17) is 19.9 Å². The van der Waals surface area contributed by atoms with Crippen LogP contribution in [0.5, 0.6) is 11.5 Å². The van der Waals surface area contributed by atoms with Crippen LogP contribution in [-0.4, -0.2) is 127 Å². The number of aryl methyl sites for hydroxylation is 2. The van der Waals surface area contributed by atoms with Crippen LogP contribution in [0.15, 0.2) is 84.9 Å². The van der Waals surface area contributed by atoms with E-state index >= 15 is 0 Å². The normalized spacial score (nSPS) is 15.2. The van der Waals surface area contributed by atoms with E-state index < -0.39 is 12.2 Å². The predicted octanol–water partition coefficient (Wildman–Crippen LogP) is 5.88. The van der Waals surface area contributed by atoms with Crippen molar-refractivity contribution < 1.29 is 30.0 Å². The number of aliphatic hydroxyl groups is 2. The summed E-state index contributed by atoms with van der Waals surface area (Å²) in [6.45, 7) is 12.2. The highest BCUT2D eigenvalue weighted by molar-refractivity contribution is 5.93. The van der Waals surface area contributed by atoms with Crippen LogP contribution in [0.3, 0.4) is 0 Å². The van der Waals surface area contributed by atoms with Crippen molar-refractivity contribution in [1.82, 2.24) is 29.7 Å². The zero-order chi connectivity index (χ0) is 42.5. The minimum absolute atomic E-state index is 0. The fraction of sp³-hybridized carbons (Fsp3) is 0.348. The maximum Gasteiger partial charge on any atom is 0.251 e. The Balaban J connectivity index is 0.000000201. The van der Waals surface area contributed by atoms with Crippen LogP contribution in [0.4, 0.5) is 11.6 Å². The molecule has 0 unspecified atom stereocenters. The van der Waals surface area contributed by atoms with Gasteiger partial charge >= 0.3 is 0 Å². The van der Waals surface area contributed by atoms with Crippen LogP contribution in [0, 0.1) is 13.8 Å². The van der Waals surface area contributed by atoms with Crippen molar-refractivity contribution in [2.75, 3.05) is 62.2 Å². The molecule has 2 aliphatic rings. The highest BCUT2D eigenvalue weighted by Crippen LogP contribution is 2.34. The van der Waals surface area contributed by atoms with Crippen LogP contribution in [0.2, 0.25) is 0 Å². The van der Waals surface area contributed by atoms with E-state index in [9.17, 15) is 30.0 Å². The zero-order valence-electron chi connectivity index (χ0n) is 34.9. The molecule has 4 aromatic carbocycles. The number of amides is 2. The van der Waals surface area contributed by atoms with Gasteiger partial charge in [-0.25, -0.2) is 19.9 Å². The second kappa shape index (κ2) is 19.5. The number of aromatic hydroxyl groups is 2. The Labute approximate surface area is 361 Å².